The van der Waals surface area contributed by atoms with Crippen LogP contribution in [0.1, 0.15) is 43.7 Å². The van der Waals surface area contributed by atoms with Crippen LogP contribution in [0.4, 0.5) is 0 Å². The summed E-state index contributed by atoms with van der Waals surface area (Å²) in [7, 11) is -1.53. The minimum absolute atomic E-state index is 0.590. The van der Waals surface area contributed by atoms with Crippen LogP contribution in [0.25, 0.3) is 0 Å². The molecule has 1 unspecified atom stereocenters. The summed E-state index contributed by atoms with van der Waals surface area (Å²) < 4.78 is 0. The molecule has 0 saturated heterocycles. The lowest BCUT2D eigenvalue weighted by Crippen LogP contribution is -2.43. The topological polar surface area (TPSA) is 23.8 Å². The summed E-state index contributed by atoms with van der Waals surface area (Å²) >= 11 is 0. The van der Waals surface area contributed by atoms with E-state index in [0.717, 1.165) is 24.0 Å². The lowest BCUT2D eigenvalue weighted by molar-refractivity contribution is 0.424. The van der Waals surface area contributed by atoms with Crippen LogP contribution in [0.5, 0.6) is 0 Å². The fraction of sp³-hybridized carbons (Fsp3) is 0.345. The Morgan fingerprint density at radius 1 is 0.774 bits per heavy atom. The Balaban J connectivity index is 1.87. The minimum atomic E-state index is -1.53. The molecule has 0 radical (unpaired) electrons. The third-order valence-corrected chi connectivity index (χ3v) is 10.2. The fourth-order valence-electron chi connectivity index (χ4n) is 4.99. The lowest BCUT2D eigenvalue weighted by atomic mass is 9.71. The zero-order valence-corrected chi connectivity index (χ0v) is 20.2. The molecule has 0 spiro atoms. The molecule has 0 fully saturated rings. The highest BCUT2D eigenvalue weighted by Crippen LogP contribution is 2.39. The zero-order chi connectivity index (χ0) is 22.2. The first-order valence-electron chi connectivity index (χ1n) is 11.6. The Kier molecular flexibility index (Phi) is 7.88. The summed E-state index contributed by atoms with van der Waals surface area (Å²) in [5, 5.41) is 12.0. The van der Waals surface area contributed by atoms with Gasteiger partial charge in [-0.2, -0.15) is 5.26 Å². The van der Waals surface area contributed by atoms with Crippen molar-refractivity contribution >= 4 is 13.3 Å². The number of benzene rings is 3. The van der Waals surface area contributed by atoms with E-state index in [-0.39, 0.29) is 0 Å². The first-order chi connectivity index (χ1) is 15.0. The fourth-order valence-corrected chi connectivity index (χ4v) is 8.17. The van der Waals surface area contributed by atoms with Crippen LogP contribution in [0.3, 0.4) is 0 Å². The largest absolute Gasteiger partial charge is 0.197 e. The zero-order valence-electron chi connectivity index (χ0n) is 19.2. The third kappa shape index (κ3) is 5.54. The first kappa shape index (κ1) is 23.0. The monoisotopic (exact) mass is 425 g/mol. The van der Waals surface area contributed by atoms with Crippen molar-refractivity contribution in [3.05, 3.63) is 102 Å². The van der Waals surface area contributed by atoms with Crippen molar-refractivity contribution in [1.82, 2.24) is 0 Å². The Morgan fingerprint density at radius 2 is 1.26 bits per heavy atom. The van der Waals surface area contributed by atoms with Crippen molar-refractivity contribution < 1.29 is 0 Å². The van der Waals surface area contributed by atoms with Gasteiger partial charge in [-0.05, 0) is 29.9 Å². The second kappa shape index (κ2) is 10.6. The van der Waals surface area contributed by atoms with E-state index in [1.807, 2.05) is 12.1 Å². The Hall–Kier alpha value is -2.63. The standard InChI is InChI=1S/C29H35NSi/c1-4-14-25(23-31(2,3)28-19-12-7-13-20-28)21-22-29(24-30,26-15-8-5-9-16-26)27-17-10-6-11-18-27/h5-13,15-20,25H,4,14,21-23H2,1-3H3. The van der Waals surface area contributed by atoms with Gasteiger partial charge >= 0.3 is 0 Å². The number of rotatable bonds is 10. The second-order valence-electron chi connectivity index (χ2n) is 9.40. The van der Waals surface area contributed by atoms with E-state index in [4.69, 9.17) is 0 Å². The molecular weight excluding hydrogens is 390 g/mol. The molecule has 0 amide bonds. The average molecular weight is 426 g/mol. The SMILES string of the molecule is CCCC(CCC(C#N)(c1ccccc1)c1ccccc1)C[Si](C)(C)c1ccccc1. The molecule has 1 nitrogen and oxygen atoms in total. The molecule has 2 heteroatoms. The summed E-state index contributed by atoms with van der Waals surface area (Å²) in [5.41, 5.74) is 1.63. The van der Waals surface area contributed by atoms with Gasteiger partial charge in [0, 0.05) is 0 Å². The van der Waals surface area contributed by atoms with Gasteiger partial charge in [-0.1, -0.05) is 135 Å². The third-order valence-electron chi connectivity index (χ3n) is 6.70. The molecular formula is C29H35NSi. The van der Waals surface area contributed by atoms with Crippen LogP contribution in [0.15, 0.2) is 91.0 Å². The molecule has 0 bridgehead atoms. The van der Waals surface area contributed by atoms with Crippen molar-refractivity contribution in [1.29, 1.82) is 5.26 Å². The molecule has 0 aromatic heterocycles. The molecule has 3 rings (SSSR count). The van der Waals surface area contributed by atoms with Gasteiger partial charge in [0.2, 0.25) is 0 Å². The van der Waals surface area contributed by atoms with E-state index in [1.54, 1.807) is 0 Å². The van der Waals surface area contributed by atoms with Gasteiger partial charge in [-0.25, -0.2) is 0 Å². The van der Waals surface area contributed by atoms with Gasteiger partial charge in [-0.3, -0.25) is 0 Å². The predicted molar refractivity (Wildman–Crippen MR) is 135 cm³/mol. The maximum absolute atomic E-state index is 10.5. The van der Waals surface area contributed by atoms with Crippen molar-refractivity contribution in [2.24, 2.45) is 5.92 Å². The van der Waals surface area contributed by atoms with Crippen molar-refractivity contribution in [2.75, 3.05) is 0 Å². The van der Waals surface area contributed by atoms with E-state index >= 15 is 0 Å². The van der Waals surface area contributed by atoms with Crippen LogP contribution in [-0.2, 0) is 5.41 Å². The normalized spacial score (nSPS) is 12.8. The highest BCUT2D eigenvalue weighted by Gasteiger charge is 2.36. The Morgan fingerprint density at radius 3 is 1.71 bits per heavy atom. The van der Waals surface area contributed by atoms with E-state index in [0.29, 0.717) is 5.92 Å². The van der Waals surface area contributed by atoms with Crippen LogP contribution < -0.4 is 5.19 Å². The first-order valence-corrected chi connectivity index (χ1v) is 14.8. The van der Waals surface area contributed by atoms with Crippen LogP contribution in [0.2, 0.25) is 19.1 Å². The van der Waals surface area contributed by atoms with Crippen molar-refractivity contribution in [3.63, 3.8) is 0 Å². The maximum atomic E-state index is 10.5. The lowest BCUT2D eigenvalue weighted by Gasteiger charge is -2.33. The van der Waals surface area contributed by atoms with Crippen LogP contribution in [-0.4, -0.2) is 8.07 Å². The molecule has 0 heterocycles. The molecule has 1 atom stereocenters. The van der Waals surface area contributed by atoms with E-state index in [9.17, 15) is 5.26 Å². The molecule has 3 aromatic rings. The molecule has 160 valence electrons. The number of hydrogen-bond donors (Lipinski definition) is 0. The van der Waals surface area contributed by atoms with Gasteiger partial charge in [0.25, 0.3) is 0 Å². The highest BCUT2D eigenvalue weighted by atomic mass is 28.3. The molecule has 0 aliphatic heterocycles. The number of nitriles is 1. The minimum Gasteiger partial charge on any atom is -0.197 e. The smallest absolute Gasteiger partial charge is 0.107 e. The number of nitrogens with zero attached hydrogens (tertiary/aromatic N) is 1. The van der Waals surface area contributed by atoms with E-state index < -0.39 is 13.5 Å². The van der Waals surface area contributed by atoms with E-state index in [2.05, 4.69) is 105 Å². The van der Waals surface area contributed by atoms with Gasteiger partial charge in [-0.15, -0.1) is 0 Å². The maximum Gasteiger partial charge on any atom is 0.107 e. The number of hydrogen-bond acceptors (Lipinski definition) is 1. The van der Waals surface area contributed by atoms with Crippen LogP contribution in [0, 0.1) is 17.2 Å². The van der Waals surface area contributed by atoms with Gasteiger partial charge < -0.3 is 0 Å². The van der Waals surface area contributed by atoms with Gasteiger partial charge in [0.05, 0.1) is 14.1 Å². The Bertz CT molecular complexity index is 918. The molecule has 0 saturated carbocycles. The van der Waals surface area contributed by atoms with Crippen LogP contribution >= 0.6 is 0 Å². The van der Waals surface area contributed by atoms with Crippen molar-refractivity contribution in [3.8, 4) is 6.07 Å². The highest BCUT2D eigenvalue weighted by molar-refractivity contribution is 6.89. The summed E-state index contributed by atoms with van der Waals surface area (Å²) in [4.78, 5) is 0. The van der Waals surface area contributed by atoms with Crippen molar-refractivity contribution in [2.45, 2.75) is 57.2 Å². The van der Waals surface area contributed by atoms with E-state index in [1.165, 1.54) is 24.1 Å². The predicted octanol–water partition coefficient (Wildman–Crippen LogP) is 7.31. The second-order valence-corrected chi connectivity index (χ2v) is 14.1. The quantitative estimate of drug-likeness (QED) is 0.312. The average Bonchev–Trinajstić information content (AvgIpc) is 2.82. The van der Waals surface area contributed by atoms with Gasteiger partial charge in [0.15, 0.2) is 0 Å². The van der Waals surface area contributed by atoms with Gasteiger partial charge in [0.1, 0.15) is 5.41 Å². The summed E-state index contributed by atoms with van der Waals surface area (Å²) in [6, 6.07) is 35.9. The molecule has 0 aliphatic carbocycles. The molecule has 0 N–H and O–H groups in total. The summed E-state index contributed by atoms with van der Waals surface area (Å²) in [6.45, 7) is 7.28. The summed E-state index contributed by atoms with van der Waals surface area (Å²) in [5.74, 6) is 0.645. The molecule has 0 aliphatic rings. The summed E-state index contributed by atoms with van der Waals surface area (Å²) in [6.07, 6.45) is 4.37. The molecule has 3 aromatic carbocycles. The Labute approximate surface area is 189 Å². The molecule has 31 heavy (non-hydrogen) atoms.